The Morgan fingerprint density at radius 2 is 1.58 bits per heavy atom. The maximum absolute atomic E-state index is 10.4. The Hall–Kier alpha value is -2.35. The van der Waals surface area contributed by atoms with Gasteiger partial charge in [0.25, 0.3) is 0 Å². The third-order valence-corrected chi connectivity index (χ3v) is 3.17. The van der Waals surface area contributed by atoms with Crippen LogP contribution in [0.25, 0.3) is 17.2 Å². The van der Waals surface area contributed by atoms with Crippen molar-refractivity contribution in [3.63, 3.8) is 0 Å². The van der Waals surface area contributed by atoms with Crippen LogP contribution in [0.3, 0.4) is 0 Å². The van der Waals surface area contributed by atoms with Crippen molar-refractivity contribution in [2.45, 2.75) is 13.8 Å². The van der Waals surface area contributed by atoms with E-state index in [0.29, 0.717) is 0 Å². The Morgan fingerprint density at radius 1 is 0.947 bits per heavy atom. The van der Waals surface area contributed by atoms with Crippen molar-refractivity contribution >= 4 is 12.0 Å². The highest BCUT2D eigenvalue weighted by Gasteiger charge is 1.99. The summed E-state index contributed by atoms with van der Waals surface area (Å²) in [4.78, 5) is 10.4. The number of carboxylic acids is 1. The number of aryl methyl sites for hydroxylation is 2. The first kappa shape index (κ1) is 13.1. The summed E-state index contributed by atoms with van der Waals surface area (Å²) in [5.41, 5.74) is 5.75. The molecule has 0 atom stereocenters. The van der Waals surface area contributed by atoms with Gasteiger partial charge in [-0.2, -0.15) is 0 Å². The second-order valence-corrected chi connectivity index (χ2v) is 4.59. The molecule has 0 aliphatic carbocycles. The topological polar surface area (TPSA) is 37.3 Å². The van der Waals surface area contributed by atoms with Crippen LogP contribution >= 0.6 is 0 Å². The molecule has 0 radical (unpaired) electrons. The normalized spacial score (nSPS) is 10.8. The van der Waals surface area contributed by atoms with E-state index >= 15 is 0 Å². The molecule has 2 nitrogen and oxygen atoms in total. The third-order valence-electron chi connectivity index (χ3n) is 3.17. The quantitative estimate of drug-likeness (QED) is 0.836. The zero-order valence-corrected chi connectivity index (χ0v) is 11.1. The zero-order valence-electron chi connectivity index (χ0n) is 11.1. The molecule has 0 saturated heterocycles. The maximum Gasteiger partial charge on any atom is 0.328 e. The molecule has 0 aromatic heterocycles. The van der Waals surface area contributed by atoms with Gasteiger partial charge < -0.3 is 5.11 Å². The van der Waals surface area contributed by atoms with E-state index in [1.165, 1.54) is 16.7 Å². The predicted octanol–water partition coefficient (Wildman–Crippen LogP) is 4.07. The van der Waals surface area contributed by atoms with Gasteiger partial charge in [-0.25, -0.2) is 4.79 Å². The van der Waals surface area contributed by atoms with Crippen LogP contribution in [-0.2, 0) is 4.79 Å². The number of carboxylic acid groups (broad SMARTS) is 1. The van der Waals surface area contributed by atoms with Gasteiger partial charge in [-0.3, -0.25) is 0 Å². The monoisotopic (exact) mass is 252 g/mol. The fourth-order valence-corrected chi connectivity index (χ4v) is 1.88. The summed E-state index contributed by atoms with van der Waals surface area (Å²) in [5.74, 6) is -0.932. The van der Waals surface area contributed by atoms with Crippen LogP contribution < -0.4 is 0 Å². The molecule has 19 heavy (non-hydrogen) atoms. The number of hydrogen-bond donors (Lipinski definition) is 1. The van der Waals surface area contributed by atoms with Crippen LogP contribution in [0.5, 0.6) is 0 Å². The summed E-state index contributed by atoms with van der Waals surface area (Å²) in [7, 11) is 0. The maximum atomic E-state index is 10.4. The number of aliphatic carboxylic acids is 1. The molecule has 1 N–H and O–H groups in total. The molecule has 2 aromatic carbocycles. The highest BCUT2D eigenvalue weighted by molar-refractivity contribution is 5.85. The summed E-state index contributed by atoms with van der Waals surface area (Å²) in [6.45, 7) is 4.20. The average molecular weight is 252 g/mol. The van der Waals surface area contributed by atoms with Gasteiger partial charge in [0.15, 0.2) is 0 Å². The Labute approximate surface area is 113 Å². The minimum Gasteiger partial charge on any atom is -0.478 e. The van der Waals surface area contributed by atoms with Crippen LogP contribution in [0.15, 0.2) is 48.5 Å². The second kappa shape index (κ2) is 5.53. The Kier molecular flexibility index (Phi) is 3.81. The lowest BCUT2D eigenvalue weighted by molar-refractivity contribution is -0.131. The van der Waals surface area contributed by atoms with Crippen molar-refractivity contribution in [1.82, 2.24) is 0 Å². The third kappa shape index (κ3) is 3.32. The Bertz CT molecular complexity index is 622. The van der Waals surface area contributed by atoms with Crippen molar-refractivity contribution in [3.05, 3.63) is 65.2 Å². The molecule has 2 heteroatoms. The van der Waals surface area contributed by atoms with Crippen molar-refractivity contribution in [2.75, 3.05) is 0 Å². The SMILES string of the molecule is Cc1ccc(-c2ccc(/C=C/C(=O)O)cc2)cc1C. The average Bonchev–Trinajstić information content (AvgIpc) is 2.40. The number of carbonyl (C=O) groups is 1. The lowest BCUT2D eigenvalue weighted by Crippen LogP contribution is -1.86. The van der Waals surface area contributed by atoms with Gasteiger partial charge in [0.2, 0.25) is 0 Å². The first-order chi connectivity index (χ1) is 9.06. The summed E-state index contributed by atoms with van der Waals surface area (Å²) < 4.78 is 0. The van der Waals surface area contributed by atoms with Gasteiger partial charge in [-0.1, -0.05) is 42.5 Å². The molecule has 0 aliphatic heterocycles. The minimum absolute atomic E-state index is 0.884. The van der Waals surface area contributed by atoms with E-state index in [2.05, 4.69) is 32.0 Å². The molecular formula is C17H16O2. The van der Waals surface area contributed by atoms with Gasteiger partial charge in [-0.15, -0.1) is 0 Å². The summed E-state index contributed by atoms with van der Waals surface area (Å²) in [6, 6.07) is 14.2. The highest BCUT2D eigenvalue weighted by atomic mass is 16.4. The summed E-state index contributed by atoms with van der Waals surface area (Å²) in [5, 5.41) is 8.58. The van der Waals surface area contributed by atoms with E-state index < -0.39 is 5.97 Å². The zero-order chi connectivity index (χ0) is 13.8. The van der Waals surface area contributed by atoms with Crippen molar-refractivity contribution in [1.29, 1.82) is 0 Å². The fourth-order valence-electron chi connectivity index (χ4n) is 1.88. The Balaban J connectivity index is 2.27. The molecule has 0 unspecified atom stereocenters. The largest absolute Gasteiger partial charge is 0.478 e. The smallest absolute Gasteiger partial charge is 0.328 e. The molecule has 0 aliphatic rings. The molecule has 0 heterocycles. The summed E-state index contributed by atoms with van der Waals surface area (Å²) in [6.07, 6.45) is 2.73. The van der Waals surface area contributed by atoms with Gasteiger partial charge in [0, 0.05) is 6.08 Å². The standard InChI is InChI=1S/C17H16O2/c1-12-3-7-16(11-13(12)2)15-8-4-14(5-9-15)6-10-17(18)19/h3-11H,1-2H3,(H,18,19)/b10-6+. The molecule has 0 amide bonds. The van der Waals surface area contributed by atoms with Gasteiger partial charge in [0.1, 0.15) is 0 Å². The molecule has 0 fully saturated rings. The molecule has 2 aromatic rings. The van der Waals surface area contributed by atoms with E-state index in [9.17, 15) is 4.79 Å². The van der Waals surface area contributed by atoms with E-state index in [1.54, 1.807) is 6.08 Å². The lowest BCUT2D eigenvalue weighted by Gasteiger charge is -2.06. The predicted molar refractivity (Wildman–Crippen MR) is 78.0 cm³/mol. The number of benzene rings is 2. The minimum atomic E-state index is -0.932. The van der Waals surface area contributed by atoms with Gasteiger partial charge >= 0.3 is 5.97 Å². The summed E-state index contributed by atoms with van der Waals surface area (Å²) >= 11 is 0. The molecular weight excluding hydrogens is 236 g/mol. The van der Waals surface area contributed by atoms with Gasteiger partial charge in [0.05, 0.1) is 0 Å². The Morgan fingerprint density at radius 3 is 2.16 bits per heavy atom. The van der Waals surface area contributed by atoms with E-state index in [0.717, 1.165) is 17.2 Å². The first-order valence-corrected chi connectivity index (χ1v) is 6.15. The second-order valence-electron chi connectivity index (χ2n) is 4.59. The first-order valence-electron chi connectivity index (χ1n) is 6.15. The highest BCUT2D eigenvalue weighted by Crippen LogP contribution is 2.22. The molecule has 0 spiro atoms. The van der Waals surface area contributed by atoms with Crippen LogP contribution in [0.2, 0.25) is 0 Å². The fraction of sp³-hybridized carbons (Fsp3) is 0.118. The molecule has 0 bridgehead atoms. The van der Waals surface area contributed by atoms with Crippen LogP contribution in [0.1, 0.15) is 16.7 Å². The van der Waals surface area contributed by atoms with Gasteiger partial charge in [-0.05, 0) is 47.7 Å². The van der Waals surface area contributed by atoms with E-state index in [1.807, 2.05) is 24.3 Å². The number of hydrogen-bond acceptors (Lipinski definition) is 1. The molecule has 96 valence electrons. The molecule has 0 saturated carbocycles. The lowest BCUT2D eigenvalue weighted by atomic mass is 9.99. The number of rotatable bonds is 3. The van der Waals surface area contributed by atoms with Crippen molar-refractivity contribution in [3.8, 4) is 11.1 Å². The van der Waals surface area contributed by atoms with Crippen LogP contribution in [-0.4, -0.2) is 11.1 Å². The van der Waals surface area contributed by atoms with E-state index in [4.69, 9.17) is 5.11 Å². The van der Waals surface area contributed by atoms with E-state index in [-0.39, 0.29) is 0 Å². The van der Waals surface area contributed by atoms with Crippen molar-refractivity contribution in [2.24, 2.45) is 0 Å². The van der Waals surface area contributed by atoms with Crippen molar-refractivity contribution < 1.29 is 9.90 Å². The van der Waals surface area contributed by atoms with Crippen LogP contribution in [0, 0.1) is 13.8 Å². The molecule has 2 rings (SSSR count). The van der Waals surface area contributed by atoms with Crippen LogP contribution in [0.4, 0.5) is 0 Å².